The smallest absolute Gasteiger partial charge is 0.250 e. The number of hydrogen-bond acceptors (Lipinski definition) is 3. The van der Waals surface area contributed by atoms with Crippen LogP contribution in [0, 0.1) is 0 Å². The predicted molar refractivity (Wildman–Crippen MR) is 98.6 cm³/mol. The molecule has 1 aliphatic carbocycles. The minimum absolute atomic E-state index is 0.0527. The lowest BCUT2D eigenvalue weighted by molar-refractivity contribution is -0.123. The molecule has 0 unspecified atom stereocenters. The molecule has 1 amide bonds. The van der Waals surface area contributed by atoms with Crippen LogP contribution < -0.4 is 10.2 Å². The van der Waals surface area contributed by atoms with Crippen LogP contribution in [-0.4, -0.2) is 31.7 Å². The predicted octanol–water partition coefficient (Wildman–Crippen LogP) is 4.35. The zero-order valence-electron chi connectivity index (χ0n) is 14.6. The Bertz CT molecular complexity index is 501. The molecule has 3 rings (SSSR count). The maximum Gasteiger partial charge on any atom is 0.250 e. The van der Waals surface area contributed by atoms with Crippen LogP contribution in [0.4, 0.5) is 11.4 Å². The van der Waals surface area contributed by atoms with Gasteiger partial charge in [-0.15, -0.1) is 0 Å². The van der Waals surface area contributed by atoms with Gasteiger partial charge in [-0.1, -0.05) is 32.1 Å². The molecule has 1 saturated heterocycles. The molecule has 2 aliphatic rings. The first-order valence-corrected chi connectivity index (χ1v) is 9.58. The maximum absolute atomic E-state index is 12.0. The van der Waals surface area contributed by atoms with Crippen molar-refractivity contribution in [1.29, 1.82) is 0 Å². The topological polar surface area (TPSA) is 41.6 Å². The third-order valence-electron chi connectivity index (χ3n) is 5.12. The van der Waals surface area contributed by atoms with Crippen molar-refractivity contribution in [3.8, 4) is 0 Å². The molecule has 1 heterocycles. The van der Waals surface area contributed by atoms with Crippen LogP contribution in [0.25, 0.3) is 0 Å². The summed E-state index contributed by atoms with van der Waals surface area (Å²) in [4.78, 5) is 14.5. The summed E-state index contributed by atoms with van der Waals surface area (Å²) in [5.74, 6) is -0.0527. The zero-order valence-corrected chi connectivity index (χ0v) is 14.6. The van der Waals surface area contributed by atoms with Crippen LogP contribution in [0.1, 0.15) is 57.8 Å². The van der Waals surface area contributed by atoms with Crippen LogP contribution in [0.15, 0.2) is 24.3 Å². The average Bonchev–Trinajstić information content (AvgIpc) is 2.91. The number of nitrogens with zero attached hydrogens (tertiary/aromatic N) is 1. The molecule has 1 N–H and O–H groups in total. The molecule has 0 bridgehead atoms. The summed E-state index contributed by atoms with van der Waals surface area (Å²) >= 11 is 0. The number of ether oxygens (including phenoxy) is 1. The second-order valence-electron chi connectivity index (χ2n) is 7.07. The lowest BCUT2D eigenvalue weighted by Crippen LogP contribution is -2.25. The van der Waals surface area contributed by atoms with Crippen LogP contribution in [0.2, 0.25) is 0 Å². The standard InChI is InChI=1S/C20H30N2O2/c23-20(16-24-19-8-4-3-5-9-19)21-17-10-12-18(13-11-17)22-14-6-1-2-7-15-22/h10-13,19H,1-9,14-16H2,(H,21,23). The number of amides is 1. The van der Waals surface area contributed by atoms with E-state index in [9.17, 15) is 4.79 Å². The van der Waals surface area contributed by atoms with Gasteiger partial charge in [0.15, 0.2) is 0 Å². The Morgan fingerprint density at radius 3 is 2.25 bits per heavy atom. The molecule has 0 spiro atoms. The van der Waals surface area contributed by atoms with Gasteiger partial charge in [-0.05, 0) is 49.9 Å². The van der Waals surface area contributed by atoms with Crippen molar-refractivity contribution in [2.75, 3.05) is 29.9 Å². The van der Waals surface area contributed by atoms with Gasteiger partial charge in [0.1, 0.15) is 6.61 Å². The number of carbonyl (C=O) groups is 1. The lowest BCUT2D eigenvalue weighted by Gasteiger charge is -2.23. The summed E-state index contributed by atoms with van der Waals surface area (Å²) in [6.45, 7) is 2.44. The Morgan fingerprint density at radius 2 is 1.58 bits per heavy atom. The lowest BCUT2D eigenvalue weighted by atomic mass is 9.98. The van der Waals surface area contributed by atoms with Gasteiger partial charge in [0.2, 0.25) is 5.91 Å². The Hall–Kier alpha value is -1.55. The van der Waals surface area contributed by atoms with Crippen molar-refractivity contribution >= 4 is 17.3 Å². The minimum atomic E-state index is -0.0527. The van der Waals surface area contributed by atoms with E-state index in [0.29, 0.717) is 0 Å². The minimum Gasteiger partial charge on any atom is -0.372 e. The fourth-order valence-electron chi connectivity index (χ4n) is 3.71. The molecule has 0 aromatic heterocycles. The summed E-state index contributed by atoms with van der Waals surface area (Å²) in [6, 6.07) is 8.23. The maximum atomic E-state index is 12.0. The molecule has 1 aromatic carbocycles. The Kier molecular flexibility index (Phi) is 6.53. The number of benzene rings is 1. The van der Waals surface area contributed by atoms with Gasteiger partial charge in [0, 0.05) is 24.5 Å². The Labute approximate surface area is 145 Å². The van der Waals surface area contributed by atoms with Gasteiger partial charge in [0.05, 0.1) is 6.10 Å². The first kappa shape index (κ1) is 17.3. The van der Waals surface area contributed by atoms with Crippen LogP contribution in [0.5, 0.6) is 0 Å². The fraction of sp³-hybridized carbons (Fsp3) is 0.650. The molecule has 24 heavy (non-hydrogen) atoms. The molecule has 1 saturated carbocycles. The van der Waals surface area contributed by atoms with E-state index in [-0.39, 0.29) is 18.6 Å². The highest BCUT2D eigenvalue weighted by molar-refractivity contribution is 5.91. The van der Waals surface area contributed by atoms with E-state index in [0.717, 1.165) is 31.6 Å². The quantitative estimate of drug-likeness (QED) is 0.872. The van der Waals surface area contributed by atoms with E-state index in [1.165, 1.54) is 50.6 Å². The Balaban J connectivity index is 1.45. The van der Waals surface area contributed by atoms with E-state index < -0.39 is 0 Å². The molecule has 4 heteroatoms. The number of carbonyl (C=O) groups excluding carboxylic acids is 1. The fourth-order valence-corrected chi connectivity index (χ4v) is 3.71. The first-order chi connectivity index (χ1) is 11.8. The summed E-state index contributed by atoms with van der Waals surface area (Å²) in [7, 11) is 0. The number of nitrogens with one attached hydrogen (secondary N) is 1. The SMILES string of the molecule is O=C(COC1CCCCC1)Nc1ccc(N2CCCCCC2)cc1. The summed E-state index contributed by atoms with van der Waals surface area (Å²) in [5, 5.41) is 2.94. The second-order valence-corrected chi connectivity index (χ2v) is 7.07. The van der Waals surface area contributed by atoms with Gasteiger partial charge in [0.25, 0.3) is 0 Å². The van der Waals surface area contributed by atoms with Crippen molar-refractivity contribution in [2.45, 2.75) is 63.9 Å². The first-order valence-electron chi connectivity index (χ1n) is 9.58. The van der Waals surface area contributed by atoms with Crippen LogP contribution >= 0.6 is 0 Å². The van der Waals surface area contributed by atoms with Gasteiger partial charge in [-0.2, -0.15) is 0 Å². The van der Waals surface area contributed by atoms with Crippen molar-refractivity contribution in [2.24, 2.45) is 0 Å². The number of hydrogen-bond donors (Lipinski definition) is 1. The molecule has 2 fully saturated rings. The highest BCUT2D eigenvalue weighted by Gasteiger charge is 2.15. The van der Waals surface area contributed by atoms with E-state index in [1.54, 1.807) is 0 Å². The highest BCUT2D eigenvalue weighted by atomic mass is 16.5. The second kappa shape index (κ2) is 9.07. The van der Waals surface area contributed by atoms with Gasteiger partial charge < -0.3 is 15.0 Å². The molecule has 1 aromatic rings. The number of rotatable bonds is 5. The molecule has 4 nitrogen and oxygen atoms in total. The number of anilines is 2. The van der Waals surface area contributed by atoms with Crippen LogP contribution in [-0.2, 0) is 9.53 Å². The molecular formula is C20H30N2O2. The van der Waals surface area contributed by atoms with Gasteiger partial charge in [-0.25, -0.2) is 0 Å². The van der Waals surface area contributed by atoms with Crippen molar-refractivity contribution in [3.05, 3.63) is 24.3 Å². The van der Waals surface area contributed by atoms with E-state index in [2.05, 4.69) is 22.3 Å². The third kappa shape index (κ3) is 5.23. The van der Waals surface area contributed by atoms with Crippen molar-refractivity contribution in [1.82, 2.24) is 0 Å². The molecule has 1 aliphatic heterocycles. The van der Waals surface area contributed by atoms with Crippen LogP contribution in [0.3, 0.4) is 0 Å². The third-order valence-corrected chi connectivity index (χ3v) is 5.12. The summed E-state index contributed by atoms with van der Waals surface area (Å²) in [5.41, 5.74) is 2.11. The van der Waals surface area contributed by atoms with E-state index >= 15 is 0 Å². The molecular weight excluding hydrogens is 300 g/mol. The van der Waals surface area contributed by atoms with Crippen molar-refractivity contribution in [3.63, 3.8) is 0 Å². The summed E-state index contributed by atoms with van der Waals surface area (Å²) in [6.07, 6.45) is 11.4. The van der Waals surface area contributed by atoms with E-state index in [4.69, 9.17) is 4.74 Å². The monoisotopic (exact) mass is 330 g/mol. The van der Waals surface area contributed by atoms with E-state index in [1.807, 2.05) is 12.1 Å². The largest absolute Gasteiger partial charge is 0.372 e. The van der Waals surface area contributed by atoms with Gasteiger partial charge >= 0.3 is 0 Å². The highest BCUT2D eigenvalue weighted by Crippen LogP contribution is 2.22. The molecule has 0 atom stereocenters. The average molecular weight is 330 g/mol. The van der Waals surface area contributed by atoms with Gasteiger partial charge in [-0.3, -0.25) is 4.79 Å². The summed E-state index contributed by atoms with van der Waals surface area (Å²) < 4.78 is 5.73. The molecule has 0 radical (unpaired) electrons. The molecule has 132 valence electrons. The Morgan fingerprint density at radius 1 is 0.958 bits per heavy atom. The van der Waals surface area contributed by atoms with Crippen molar-refractivity contribution < 1.29 is 9.53 Å². The normalized spacial score (nSPS) is 19.8. The zero-order chi connectivity index (χ0) is 16.6.